The Balaban J connectivity index is 2.97. The van der Waals surface area contributed by atoms with E-state index in [4.69, 9.17) is 27.9 Å². The van der Waals surface area contributed by atoms with Gasteiger partial charge in [-0.05, 0) is 18.2 Å². The van der Waals surface area contributed by atoms with Crippen molar-refractivity contribution in [2.75, 3.05) is 5.73 Å². The fourth-order valence-electron chi connectivity index (χ4n) is 1.80. The van der Waals surface area contributed by atoms with Crippen molar-refractivity contribution in [2.24, 2.45) is 0 Å². The largest absolute Gasteiger partial charge is 0.384 e. The molecule has 0 unspecified atom stereocenters. The first-order valence-electron chi connectivity index (χ1n) is 5.31. The second-order valence-corrected chi connectivity index (χ2v) is 4.25. The lowest BCUT2D eigenvalue weighted by Gasteiger charge is -2.10. The topological polar surface area (TPSA) is 106 Å². The van der Waals surface area contributed by atoms with Crippen LogP contribution in [0.2, 0.25) is 5.02 Å². The van der Waals surface area contributed by atoms with Crippen LogP contribution in [0.4, 0.5) is 10.2 Å². The fourth-order valence-corrected chi connectivity index (χ4v) is 2.07. The maximum Gasteiger partial charge on any atom is 0.268 e. The van der Waals surface area contributed by atoms with E-state index in [0.29, 0.717) is 0 Å². The Morgan fingerprint density at radius 3 is 2.45 bits per heavy atom. The van der Waals surface area contributed by atoms with Crippen LogP contribution < -0.4 is 11.3 Å². The predicted octanol–water partition coefficient (Wildman–Crippen LogP) is 2.16. The van der Waals surface area contributed by atoms with Crippen LogP contribution >= 0.6 is 11.6 Å². The van der Waals surface area contributed by atoms with E-state index in [1.807, 2.05) is 6.07 Å². The molecule has 1 aromatic heterocycles. The first kappa shape index (κ1) is 13.6. The number of H-pyrrole nitrogens is 1. The van der Waals surface area contributed by atoms with Gasteiger partial charge >= 0.3 is 0 Å². The number of nitrogens with one attached hydrogen (secondary N) is 1. The molecule has 2 aromatic rings. The summed E-state index contributed by atoms with van der Waals surface area (Å²) >= 11 is 5.91. The van der Waals surface area contributed by atoms with E-state index < -0.39 is 11.4 Å². The zero-order chi connectivity index (χ0) is 14.9. The SMILES string of the molecule is N#Cc1c(N)[nH]c(=O)c(C#N)c1-c1ccc(F)cc1Cl. The van der Waals surface area contributed by atoms with Crippen LogP contribution in [0.15, 0.2) is 23.0 Å². The van der Waals surface area contributed by atoms with E-state index >= 15 is 0 Å². The lowest BCUT2D eigenvalue weighted by Crippen LogP contribution is -2.16. The third-order valence-corrected chi connectivity index (χ3v) is 2.98. The van der Waals surface area contributed by atoms with Gasteiger partial charge in [-0.25, -0.2) is 4.39 Å². The zero-order valence-corrected chi connectivity index (χ0v) is 10.6. The van der Waals surface area contributed by atoms with Crippen LogP contribution in [-0.4, -0.2) is 4.98 Å². The molecule has 0 spiro atoms. The van der Waals surface area contributed by atoms with Crippen LogP contribution in [0.25, 0.3) is 11.1 Å². The number of pyridine rings is 1. The Labute approximate surface area is 117 Å². The Morgan fingerprint density at radius 1 is 1.25 bits per heavy atom. The summed E-state index contributed by atoms with van der Waals surface area (Å²) in [4.78, 5) is 13.9. The van der Waals surface area contributed by atoms with E-state index in [2.05, 4.69) is 4.98 Å². The van der Waals surface area contributed by atoms with Crippen molar-refractivity contribution in [2.45, 2.75) is 0 Å². The number of nitrogen functional groups attached to an aromatic ring is 1. The van der Waals surface area contributed by atoms with Crippen molar-refractivity contribution in [3.8, 4) is 23.3 Å². The van der Waals surface area contributed by atoms with E-state index in [9.17, 15) is 9.18 Å². The van der Waals surface area contributed by atoms with Gasteiger partial charge in [0.05, 0.1) is 5.02 Å². The van der Waals surface area contributed by atoms with Crippen LogP contribution in [0.1, 0.15) is 11.1 Å². The lowest BCUT2D eigenvalue weighted by atomic mass is 9.96. The van der Waals surface area contributed by atoms with Crippen molar-refractivity contribution < 1.29 is 4.39 Å². The molecule has 98 valence electrons. The summed E-state index contributed by atoms with van der Waals surface area (Å²) in [5, 5.41) is 18.2. The Bertz CT molecular complexity index is 845. The summed E-state index contributed by atoms with van der Waals surface area (Å²) in [6.07, 6.45) is 0. The molecule has 0 aliphatic heterocycles. The van der Waals surface area contributed by atoms with Gasteiger partial charge in [-0.3, -0.25) is 4.79 Å². The summed E-state index contributed by atoms with van der Waals surface area (Å²) in [5.41, 5.74) is 4.64. The van der Waals surface area contributed by atoms with Gasteiger partial charge in [-0.15, -0.1) is 0 Å². The molecule has 0 atom stereocenters. The highest BCUT2D eigenvalue weighted by Gasteiger charge is 2.20. The highest BCUT2D eigenvalue weighted by atomic mass is 35.5. The van der Waals surface area contributed by atoms with Crippen LogP contribution in [-0.2, 0) is 0 Å². The second-order valence-electron chi connectivity index (χ2n) is 3.84. The van der Waals surface area contributed by atoms with Crippen molar-refractivity contribution in [1.82, 2.24) is 4.98 Å². The monoisotopic (exact) mass is 288 g/mol. The number of hydrogen-bond acceptors (Lipinski definition) is 4. The molecule has 7 heteroatoms. The van der Waals surface area contributed by atoms with Crippen molar-refractivity contribution >= 4 is 17.4 Å². The van der Waals surface area contributed by atoms with Gasteiger partial charge in [0.15, 0.2) is 0 Å². The molecule has 2 rings (SSSR count). The van der Waals surface area contributed by atoms with Gasteiger partial charge in [0.1, 0.15) is 34.9 Å². The number of aromatic amines is 1. The first-order chi connectivity index (χ1) is 9.49. The average Bonchev–Trinajstić information content (AvgIpc) is 2.38. The summed E-state index contributed by atoms with van der Waals surface area (Å²) in [7, 11) is 0. The molecule has 1 heterocycles. The number of halogens is 2. The summed E-state index contributed by atoms with van der Waals surface area (Å²) in [6.45, 7) is 0. The number of hydrogen-bond donors (Lipinski definition) is 2. The van der Waals surface area contributed by atoms with Gasteiger partial charge in [-0.1, -0.05) is 11.6 Å². The minimum Gasteiger partial charge on any atom is -0.384 e. The van der Waals surface area contributed by atoms with E-state index in [-0.39, 0.29) is 33.1 Å². The third kappa shape index (κ3) is 2.09. The lowest BCUT2D eigenvalue weighted by molar-refractivity contribution is 0.628. The maximum absolute atomic E-state index is 13.1. The number of nitriles is 2. The first-order valence-corrected chi connectivity index (χ1v) is 5.68. The van der Waals surface area contributed by atoms with Crippen LogP contribution in [0, 0.1) is 28.5 Å². The van der Waals surface area contributed by atoms with Crippen molar-refractivity contribution in [3.63, 3.8) is 0 Å². The molecule has 0 saturated carbocycles. The molecule has 0 aliphatic carbocycles. The zero-order valence-electron chi connectivity index (χ0n) is 9.87. The quantitative estimate of drug-likeness (QED) is 0.838. The molecule has 0 aliphatic rings. The highest BCUT2D eigenvalue weighted by molar-refractivity contribution is 6.33. The molecule has 0 amide bonds. The summed E-state index contributed by atoms with van der Waals surface area (Å²) in [6, 6.07) is 6.93. The minimum atomic E-state index is -0.737. The molecular weight excluding hydrogens is 283 g/mol. The van der Waals surface area contributed by atoms with E-state index in [0.717, 1.165) is 12.1 Å². The molecular formula is C13H6ClFN4O. The number of anilines is 1. The molecule has 0 fully saturated rings. The molecule has 5 nitrogen and oxygen atoms in total. The fraction of sp³-hybridized carbons (Fsp3) is 0. The van der Waals surface area contributed by atoms with Gasteiger partial charge in [0.2, 0.25) is 0 Å². The number of aromatic nitrogens is 1. The number of benzene rings is 1. The van der Waals surface area contributed by atoms with E-state index in [1.54, 1.807) is 6.07 Å². The molecule has 20 heavy (non-hydrogen) atoms. The molecule has 3 N–H and O–H groups in total. The minimum absolute atomic E-state index is 0.00116. The van der Waals surface area contributed by atoms with Crippen LogP contribution in [0.3, 0.4) is 0 Å². The second kappa shape index (κ2) is 5.04. The smallest absolute Gasteiger partial charge is 0.268 e. The van der Waals surface area contributed by atoms with Gasteiger partial charge < -0.3 is 10.7 Å². The third-order valence-electron chi connectivity index (χ3n) is 2.67. The van der Waals surface area contributed by atoms with Crippen LogP contribution in [0.5, 0.6) is 0 Å². The van der Waals surface area contributed by atoms with Crippen molar-refractivity contribution in [1.29, 1.82) is 10.5 Å². The summed E-state index contributed by atoms with van der Waals surface area (Å²) in [5.74, 6) is -0.750. The van der Waals surface area contributed by atoms with Crippen molar-refractivity contribution in [3.05, 3.63) is 50.5 Å². The maximum atomic E-state index is 13.1. The number of nitrogens with two attached hydrogens (primary N) is 1. The van der Waals surface area contributed by atoms with Gasteiger partial charge in [0.25, 0.3) is 5.56 Å². The summed E-state index contributed by atoms with van der Waals surface area (Å²) < 4.78 is 13.1. The molecule has 1 aromatic carbocycles. The van der Waals surface area contributed by atoms with Gasteiger partial charge in [0, 0.05) is 11.1 Å². The average molecular weight is 289 g/mol. The normalized spacial score (nSPS) is 9.80. The Morgan fingerprint density at radius 2 is 1.90 bits per heavy atom. The molecule has 0 saturated heterocycles. The Hall–Kier alpha value is -2.83. The Kier molecular flexibility index (Phi) is 3.43. The predicted molar refractivity (Wildman–Crippen MR) is 71.3 cm³/mol. The standard InChI is InChI=1S/C13H6ClFN4O/c14-10-3-6(15)1-2-7(10)11-8(4-16)12(18)19-13(20)9(11)5-17/h1-3H,(H3,18,19,20). The van der Waals surface area contributed by atoms with E-state index in [1.165, 1.54) is 6.07 Å². The number of rotatable bonds is 1. The molecule has 0 radical (unpaired) electrons. The molecule has 0 bridgehead atoms. The highest BCUT2D eigenvalue weighted by Crippen LogP contribution is 2.33. The number of nitrogens with zero attached hydrogens (tertiary/aromatic N) is 2. The van der Waals surface area contributed by atoms with Gasteiger partial charge in [-0.2, -0.15) is 10.5 Å².